The number of carboxylic acids is 1. The summed E-state index contributed by atoms with van der Waals surface area (Å²) in [4.78, 5) is 16.6. The van der Waals surface area contributed by atoms with Crippen molar-refractivity contribution in [3.05, 3.63) is 30.0 Å². The Bertz CT molecular complexity index is 478. The van der Waals surface area contributed by atoms with Crippen LogP contribution in [0, 0.1) is 5.82 Å². The highest BCUT2D eigenvalue weighted by atomic mass is 19.1. The average Bonchev–Trinajstić information content (AvgIpc) is 2.49. The molecule has 2 aromatic rings. The highest BCUT2D eigenvalue weighted by Gasteiger charge is 2.09. The summed E-state index contributed by atoms with van der Waals surface area (Å²) in [5.74, 6) is -1.67. The fourth-order valence-corrected chi connectivity index (χ4v) is 1.13. The Morgan fingerprint density at radius 2 is 2.31 bits per heavy atom. The van der Waals surface area contributed by atoms with Crippen molar-refractivity contribution in [2.24, 2.45) is 0 Å². The third-order valence-electron chi connectivity index (χ3n) is 1.72. The first-order valence-electron chi connectivity index (χ1n) is 3.54. The second-order valence-electron chi connectivity index (χ2n) is 2.57. The van der Waals surface area contributed by atoms with Crippen LogP contribution in [-0.2, 0) is 0 Å². The molecule has 2 aromatic heterocycles. The predicted molar refractivity (Wildman–Crippen MR) is 43.0 cm³/mol. The van der Waals surface area contributed by atoms with E-state index in [1.54, 1.807) is 0 Å². The van der Waals surface area contributed by atoms with Crippen molar-refractivity contribution in [2.45, 2.75) is 0 Å². The van der Waals surface area contributed by atoms with Crippen LogP contribution in [0.2, 0.25) is 0 Å². The number of nitrogens with one attached hydrogen (secondary N) is 1. The molecule has 0 bridgehead atoms. The molecule has 2 rings (SSSR count). The van der Waals surface area contributed by atoms with E-state index in [4.69, 9.17) is 5.11 Å². The number of hydrogen-bond acceptors (Lipinski definition) is 2. The zero-order valence-electron chi connectivity index (χ0n) is 6.41. The molecule has 0 spiro atoms. The number of carbonyl (C=O) groups is 1. The fourth-order valence-electron chi connectivity index (χ4n) is 1.13. The number of nitrogens with zero attached hydrogens (tertiary/aromatic N) is 1. The van der Waals surface area contributed by atoms with E-state index in [2.05, 4.69) is 9.97 Å². The lowest BCUT2D eigenvalue weighted by Crippen LogP contribution is -1.95. The standard InChI is InChI=1S/C8H5FN2O2/c9-5-3-10-2-4-1-6(8(12)13)11-7(4)5/h1-3,11H,(H,12,13). The van der Waals surface area contributed by atoms with E-state index in [1.165, 1.54) is 12.3 Å². The van der Waals surface area contributed by atoms with Crippen LogP contribution < -0.4 is 0 Å². The normalized spacial score (nSPS) is 10.5. The summed E-state index contributed by atoms with van der Waals surface area (Å²) in [6.07, 6.45) is 2.44. The molecule has 0 unspecified atom stereocenters. The molecule has 0 amide bonds. The second kappa shape index (κ2) is 2.55. The first-order chi connectivity index (χ1) is 6.18. The van der Waals surface area contributed by atoms with E-state index in [9.17, 15) is 9.18 Å². The number of pyridine rings is 1. The number of aromatic nitrogens is 2. The number of rotatable bonds is 1. The Labute approximate surface area is 72.0 Å². The first kappa shape index (κ1) is 7.72. The Hall–Kier alpha value is -1.91. The maximum Gasteiger partial charge on any atom is 0.352 e. The molecule has 66 valence electrons. The van der Waals surface area contributed by atoms with Gasteiger partial charge in [0, 0.05) is 11.6 Å². The minimum Gasteiger partial charge on any atom is -0.477 e. The number of aromatic amines is 1. The zero-order chi connectivity index (χ0) is 9.42. The van der Waals surface area contributed by atoms with E-state index < -0.39 is 11.8 Å². The van der Waals surface area contributed by atoms with Gasteiger partial charge in [-0.25, -0.2) is 9.18 Å². The third-order valence-corrected chi connectivity index (χ3v) is 1.72. The first-order valence-corrected chi connectivity index (χ1v) is 3.54. The lowest BCUT2D eigenvalue weighted by atomic mass is 10.3. The van der Waals surface area contributed by atoms with Crippen LogP contribution in [0.3, 0.4) is 0 Å². The van der Waals surface area contributed by atoms with Gasteiger partial charge in [-0.1, -0.05) is 0 Å². The summed E-state index contributed by atoms with van der Waals surface area (Å²) in [6, 6.07) is 1.34. The van der Waals surface area contributed by atoms with Crippen LogP contribution in [0.15, 0.2) is 18.5 Å². The summed E-state index contributed by atoms with van der Waals surface area (Å²) in [5.41, 5.74) is 0.134. The number of carboxylic acid groups (broad SMARTS) is 1. The molecule has 0 aliphatic rings. The Kier molecular flexibility index (Phi) is 1.51. The smallest absolute Gasteiger partial charge is 0.352 e. The van der Waals surface area contributed by atoms with Crippen LogP contribution in [0.4, 0.5) is 4.39 Å². The molecule has 0 aliphatic carbocycles. The molecule has 5 heteroatoms. The maximum atomic E-state index is 13.0. The minimum absolute atomic E-state index is 0.0399. The molecule has 0 saturated heterocycles. The largest absolute Gasteiger partial charge is 0.477 e. The van der Waals surface area contributed by atoms with Gasteiger partial charge >= 0.3 is 5.97 Å². The molecule has 2 N–H and O–H groups in total. The van der Waals surface area contributed by atoms with E-state index in [1.807, 2.05) is 0 Å². The number of aromatic carboxylic acids is 1. The Morgan fingerprint density at radius 1 is 1.54 bits per heavy atom. The summed E-state index contributed by atoms with van der Waals surface area (Å²) in [5, 5.41) is 9.06. The van der Waals surface area contributed by atoms with Crippen molar-refractivity contribution >= 4 is 16.9 Å². The van der Waals surface area contributed by atoms with Gasteiger partial charge in [-0.15, -0.1) is 0 Å². The van der Waals surface area contributed by atoms with Gasteiger partial charge in [0.05, 0.1) is 11.7 Å². The lowest BCUT2D eigenvalue weighted by molar-refractivity contribution is 0.0691. The zero-order valence-corrected chi connectivity index (χ0v) is 6.41. The number of fused-ring (bicyclic) bond motifs is 1. The average molecular weight is 180 g/mol. The van der Waals surface area contributed by atoms with Gasteiger partial charge in [-0.05, 0) is 6.07 Å². The Balaban J connectivity index is 2.75. The van der Waals surface area contributed by atoms with Gasteiger partial charge < -0.3 is 10.1 Å². The summed E-state index contributed by atoms with van der Waals surface area (Å²) >= 11 is 0. The predicted octanol–water partition coefficient (Wildman–Crippen LogP) is 1.40. The SMILES string of the molecule is O=C(O)c1cc2cncc(F)c2[nH]1. The van der Waals surface area contributed by atoms with Crippen LogP contribution in [0.5, 0.6) is 0 Å². The second-order valence-corrected chi connectivity index (χ2v) is 2.57. The van der Waals surface area contributed by atoms with Gasteiger partial charge in [0.1, 0.15) is 5.69 Å². The molecular formula is C8H5FN2O2. The van der Waals surface area contributed by atoms with Crippen molar-refractivity contribution in [2.75, 3.05) is 0 Å². The van der Waals surface area contributed by atoms with Gasteiger partial charge in [0.15, 0.2) is 5.82 Å². The number of H-pyrrole nitrogens is 1. The highest BCUT2D eigenvalue weighted by molar-refractivity contribution is 5.93. The van der Waals surface area contributed by atoms with Gasteiger partial charge in [0.2, 0.25) is 0 Å². The Morgan fingerprint density at radius 3 is 2.92 bits per heavy atom. The minimum atomic E-state index is -1.12. The van der Waals surface area contributed by atoms with E-state index in [0.29, 0.717) is 5.39 Å². The molecule has 0 saturated carbocycles. The van der Waals surface area contributed by atoms with Crippen molar-refractivity contribution in [1.82, 2.24) is 9.97 Å². The van der Waals surface area contributed by atoms with Gasteiger partial charge in [0.25, 0.3) is 0 Å². The quantitative estimate of drug-likeness (QED) is 0.697. The molecule has 4 nitrogen and oxygen atoms in total. The highest BCUT2D eigenvalue weighted by Crippen LogP contribution is 2.16. The van der Waals surface area contributed by atoms with Gasteiger partial charge in [-0.2, -0.15) is 0 Å². The molecular weight excluding hydrogens is 175 g/mol. The summed E-state index contributed by atoms with van der Waals surface area (Å²) in [7, 11) is 0. The van der Waals surface area contributed by atoms with Crippen LogP contribution in [-0.4, -0.2) is 21.0 Å². The molecule has 0 atom stereocenters. The molecule has 0 fully saturated rings. The van der Waals surface area contributed by atoms with Crippen molar-refractivity contribution in [3.63, 3.8) is 0 Å². The number of halogens is 1. The third kappa shape index (κ3) is 1.14. The lowest BCUT2D eigenvalue weighted by Gasteiger charge is -1.88. The van der Waals surface area contributed by atoms with E-state index >= 15 is 0 Å². The molecule has 0 aromatic carbocycles. The maximum absolute atomic E-state index is 13.0. The topological polar surface area (TPSA) is 66.0 Å². The van der Waals surface area contributed by atoms with E-state index in [0.717, 1.165) is 6.20 Å². The van der Waals surface area contributed by atoms with Crippen molar-refractivity contribution in [1.29, 1.82) is 0 Å². The van der Waals surface area contributed by atoms with Crippen LogP contribution >= 0.6 is 0 Å². The molecule has 0 aliphatic heterocycles. The van der Waals surface area contributed by atoms with Crippen molar-refractivity contribution < 1.29 is 14.3 Å². The fraction of sp³-hybridized carbons (Fsp3) is 0. The van der Waals surface area contributed by atoms with Crippen LogP contribution in [0.25, 0.3) is 10.9 Å². The molecule has 2 heterocycles. The summed E-state index contributed by atoms with van der Waals surface area (Å²) in [6.45, 7) is 0. The van der Waals surface area contributed by atoms with E-state index in [-0.39, 0.29) is 11.2 Å². The molecule has 0 radical (unpaired) electrons. The number of hydrogen-bond donors (Lipinski definition) is 2. The van der Waals surface area contributed by atoms with Crippen LogP contribution in [0.1, 0.15) is 10.5 Å². The molecule has 13 heavy (non-hydrogen) atoms. The summed E-state index contributed by atoms with van der Waals surface area (Å²) < 4.78 is 13.0. The monoisotopic (exact) mass is 180 g/mol. The van der Waals surface area contributed by atoms with Crippen molar-refractivity contribution in [3.8, 4) is 0 Å². The van der Waals surface area contributed by atoms with Gasteiger partial charge in [-0.3, -0.25) is 4.98 Å².